The second-order valence-corrected chi connectivity index (χ2v) is 6.21. The fraction of sp³-hybridized carbons (Fsp3) is 0.562. The molecule has 2 aliphatic rings. The van der Waals surface area contributed by atoms with Crippen molar-refractivity contribution in [3.63, 3.8) is 0 Å². The summed E-state index contributed by atoms with van der Waals surface area (Å²) in [6, 6.07) is 5.63. The average molecular weight is 312 g/mol. The molecule has 3 atom stereocenters. The highest BCUT2D eigenvalue weighted by Gasteiger charge is 2.46. The van der Waals surface area contributed by atoms with Crippen LogP contribution in [0.3, 0.4) is 0 Å². The van der Waals surface area contributed by atoms with Crippen molar-refractivity contribution in [1.29, 1.82) is 0 Å². The number of hydrogen-bond acceptors (Lipinski definition) is 2. The van der Waals surface area contributed by atoms with Crippen LogP contribution >= 0.6 is 0 Å². The Morgan fingerprint density at radius 1 is 1.36 bits per heavy atom. The topological polar surface area (TPSA) is 32.3 Å². The van der Waals surface area contributed by atoms with Gasteiger partial charge in [-0.2, -0.15) is 13.2 Å². The average Bonchev–Trinajstić information content (AvgIpc) is 3.26. The van der Waals surface area contributed by atoms with Gasteiger partial charge in [0, 0.05) is 31.6 Å². The van der Waals surface area contributed by atoms with E-state index in [1.165, 1.54) is 12.1 Å². The molecule has 3 rings (SSSR count). The highest BCUT2D eigenvalue weighted by Crippen LogP contribution is 2.49. The highest BCUT2D eigenvalue weighted by atomic mass is 19.4. The molecule has 0 spiro atoms. The van der Waals surface area contributed by atoms with Gasteiger partial charge in [-0.15, -0.1) is 0 Å². The summed E-state index contributed by atoms with van der Waals surface area (Å²) < 4.78 is 38.3. The van der Waals surface area contributed by atoms with Crippen molar-refractivity contribution in [2.24, 2.45) is 5.92 Å². The Morgan fingerprint density at radius 3 is 2.82 bits per heavy atom. The molecule has 3 nitrogen and oxygen atoms in total. The normalized spacial score (nSPS) is 28.5. The molecular weight excluding hydrogens is 293 g/mol. The molecule has 1 heterocycles. The Hall–Kier alpha value is -1.56. The fourth-order valence-electron chi connectivity index (χ4n) is 3.15. The van der Waals surface area contributed by atoms with Crippen LogP contribution in [-0.4, -0.2) is 36.5 Å². The molecule has 0 unspecified atom stereocenters. The van der Waals surface area contributed by atoms with Crippen molar-refractivity contribution in [3.8, 4) is 0 Å². The lowest BCUT2D eigenvalue weighted by Crippen LogP contribution is -2.51. The Balaban J connectivity index is 1.68. The predicted octanol–water partition coefficient (Wildman–Crippen LogP) is 2.63. The molecule has 6 heteroatoms. The standard InChI is InChI=1S/C16H19F3N2O/c1-10-9-21(6-5-20-10)15(22)14-8-13(14)11-3-2-4-12(7-11)16(17,18)19/h2-4,7,10,13-14,20H,5-6,8-9H2,1H3/t10-,13+,14+/m1/s1. The number of piperazine rings is 1. The zero-order valence-electron chi connectivity index (χ0n) is 12.4. The summed E-state index contributed by atoms with van der Waals surface area (Å²) in [6.45, 7) is 4.14. The number of carbonyl (C=O) groups excluding carboxylic acids is 1. The van der Waals surface area contributed by atoms with Crippen molar-refractivity contribution < 1.29 is 18.0 Å². The summed E-state index contributed by atoms with van der Waals surface area (Å²) in [6.07, 6.45) is -3.68. The van der Waals surface area contributed by atoms with Crippen LogP contribution in [0.25, 0.3) is 0 Å². The number of carbonyl (C=O) groups is 1. The van der Waals surface area contributed by atoms with Crippen LogP contribution in [0.4, 0.5) is 13.2 Å². The van der Waals surface area contributed by atoms with Gasteiger partial charge in [0.25, 0.3) is 0 Å². The smallest absolute Gasteiger partial charge is 0.340 e. The van der Waals surface area contributed by atoms with Crippen molar-refractivity contribution in [2.75, 3.05) is 19.6 Å². The van der Waals surface area contributed by atoms with E-state index in [1.807, 2.05) is 11.8 Å². The van der Waals surface area contributed by atoms with Gasteiger partial charge in [-0.25, -0.2) is 0 Å². The third-order valence-electron chi connectivity index (χ3n) is 4.43. The lowest BCUT2D eigenvalue weighted by Gasteiger charge is -2.32. The maximum absolute atomic E-state index is 12.8. The predicted molar refractivity (Wildman–Crippen MR) is 76.3 cm³/mol. The molecule has 1 aromatic carbocycles. The van der Waals surface area contributed by atoms with Crippen LogP contribution < -0.4 is 5.32 Å². The van der Waals surface area contributed by atoms with Gasteiger partial charge in [-0.1, -0.05) is 18.2 Å². The first kappa shape index (κ1) is 15.3. The maximum Gasteiger partial charge on any atom is 0.416 e. The van der Waals surface area contributed by atoms with Gasteiger partial charge < -0.3 is 10.2 Å². The third-order valence-corrected chi connectivity index (χ3v) is 4.43. The molecule has 1 aliphatic heterocycles. The highest BCUT2D eigenvalue weighted by molar-refractivity contribution is 5.83. The molecular formula is C16H19F3N2O. The molecule has 0 radical (unpaired) electrons. The molecule has 120 valence electrons. The number of nitrogens with zero attached hydrogens (tertiary/aromatic N) is 1. The van der Waals surface area contributed by atoms with Gasteiger partial charge >= 0.3 is 6.18 Å². The minimum absolute atomic E-state index is 0.0695. The first-order valence-corrected chi connectivity index (χ1v) is 7.55. The molecule has 1 saturated carbocycles. The number of amides is 1. The Kier molecular flexibility index (Phi) is 3.89. The van der Waals surface area contributed by atoms with E-state index < -0.39 is 11.7 Å². The first-order chi connectivity index (χ1) is 10.4. The number of rotatable bonds is 2. The van der Waals surface area contributed by atoms with Crippen molar-refractivity contribution in [1.82, 2.24) is 10.2 Å². The Labute approximate surface area is 127 Å². The van der Waals surface area contributed by atoms with E-state index in [0.29, 0.717) is 25.1 Å². The maximum atomic E-state index is 12.8. The van der Waals surface area contributed by atoms with E-state index in [2.05, 4.69) is 5.32 Å². The van der Waals surface area contributed by atoms with Gasteiger partial charge in [0.15, 0.2) is 0 Å². The van der Waals surface area contributed by atoms with Crippen LogP contribution in [-0.2, 0) is 11.0 Å². The quantitative estimate of drug-likeness (QED) is 0.910. The third kappa shape index (κ3) is 3.11. The summed E-state index contributed by atoms with van der Waals surface area (Å²) in [7, 11) is 0. The monoisotopic (exact) mass is 312 g/mol. The SMILES string of the molecule is C[C@@H]1CN(C(=O)[C@H]2C[C@H]2c2cccc(C(F)(F)F)c2)CCN1. The van der Waals surface area contributed by atoms with Gasteiger partial charge in [-0.05, 0) is 30.9 Å². The number of benzene rings is 1. The van der Waals surface area contributed by atoms with Crippen molar-refractivity contribution >= 4 is 5.91 Å². The van der Waals surface area contributed by atoms with Crippen molar-refractivity contribution in [2.45, 2.75) is 31.5 Å². The summed E-state index contributed by atoms with van der Waals surface area (Å²) in [4.78, 5) is 14.3. The van der Waals surface area contributed by atoms with Gasteiger partial charge in [-0.3, -0.25) is 4.79 Å². The second kappa shape index (κ2) is 5.57. The lowest BCUT2D eigenvalue weighted by atomic mass is 10.0. The van der Waals surface area contributed by atoms with Crippen LogP contribution in [0.2, 0.25) is 0 Å². The van der Waals surface area contributed by atoms with E-state index in [9.17, 15) is 18.0 Å². The lowest BCUT2D eigenvalue weighted by molar-refractivity contribution is -0.137. The van der Waals surface area contributed by atoms with E-state index in [4.69, 9.17) is 0 Å². The molecule has 1 amide bonds. The number of halogens is 3. The zero-order chi connectivity index (χ0) is 15.9. The van der Waals surface area contributed by atoms with E-state index in [-0.39, 0.29) is 23.8 Å². The van der Waals surface area contributed by atoms with Gasteiger partial charge in [0.2, 0.25) is 5.91 Å². The van der Waals surface area contributed by atoms with E-state index >= 15 is 0 Å². The number of nitrogens with one attached hydrogen (secondary N) is 1. The molecule has 1 aliphatic carbocycles. The summed E-state index contributed by atoms with van der Waals surface area (Å²) in [5, 5.41) is 3.27. The summed E-state index contributed by atoms with van der Waals surface area (Å²) in [5.74, 6) is -0.149. The second-order valence-electron chi connectivity index (χ2n) is 6.21. The number of alkyl halides is 3. The summed E-state index contributed by atoms with van der Waals surface area (Å²) >= 11 is 0. The molecule has 22 heavy (non-hydrogen) atoms. The zero-order valence-corrected chi connectivity index (χ0v) is 12.4. The Bertz CT molecular complexity index is 573. The largest absolute Gasteiger partial charge is 0.416 e. The Morgan fingerprint density at radius 2 is 2.14 bits per heavy atom. The number of hydrogen-bond donors (Lipinski definition) is 1. The first-order valence-electron chi connectivity index (χ1n) is 7.55. The summed E-state index contributed by atoms with van der Waals surface area (Å²) in [5.41, 5.74) is -0.0183. The molecule has 2 fully saturated rings. The van der Waals surface area contributed by atoms with E-state index in [1.54, 1.807) is 6.07 Å². The molecule has 1 saturated heterocycles. The minimum Gasteiger partial charge on any atom is -0.340 e. The van der Waals surface area contributed by atoms with Gasteiger partial charge in [0.05, 0.1) is 5.56 Å². The molecule has 0 aromatic heterocycles. The van der Waals surface area contributed by atoms with Crippen LogP contribution in [0, 0.1) is 5.92 Å². The fourth-order valence-corrected chi connectivity index (χ4v) is 3.15. The van der Waals surface area contributed by atoms with E-state index in [0.717, 1.165) is 12.6 Å². The van der Waals surface area contributed by atoms with Gasteiger partial charge in [0.1, 0.15) is 0 Å². The van der Waals surface area contributed by atoms with Crippen LogP contribution in [0.15, 0.2) is 24.3 Å². The minimum atomic E-state index is -4.33. The molecule has 1 aromatic rings. The molecule has 0 bridgehead atoms. The van der Waals surface area contributed by atoms with Crippen LogP contribution in [0.1, 0.15) is 30.4 Å². The van der Waals surface area contributed by atoms with Crippen molar-refractivity contribution in [3.05, 3.63) is 35.4 Å². The molecule has 1 N–H and O–H groups in total. The van der Waals surface area contributed by atoms with Crippen LogP contribution in [0.5, 0.6) is 0 Å².